The SMILES string of the molecule is CCC(C)N1C=CN(C(C)CC)[Si]1(OC)OC. The number of nitrogens with zero attached hydrogens (tertiary/aromatic N) is 2. The van der Waals surface area contributed by atoms with Crippen molar-refractivity contribution in [2.75, 3.05) is 14.2 Å². The molecule has 4 nitrogen and oxygen atoms in total. The predicted octanol–water partition coefficient (Wildman–Crippen LogP) is 2.40. The van der Waals surface area contributed by atoms with Gasteiger partial charge in [-0.2, -0.15) is 0 Å². The molecule has 0 radical (unpaired) electrons. The summed E-state index contributed by atoms with van der Waals surface area (Å²) in [5, 5.41) is 0. The molecule has 1 aliphatic heterocycles. The molecule has 0 fully saturated rings. The van der Waals surface area contributed by atoms with E-state index in [0.29, 0.717) is 12.1 Å². The van der Waals surface area contributed by atoms with E-state index in [1.54, 1.807) is 14.2 Å². The summed E-state index contributed by atoms with van der Waals surface area (Å²) in [6, 6.07) is 0.874. The minimum atomic E-state index is -2.45. The van der Waals surface area contributed by atoms with Gasteiger partial charge in [0.2, 0.25) is 0 Å². The highest BCUT2D eigenvalue weighted by Crippen LogP contribution is 2.30. The van der Waals surface area contributed by atoms with Crippen LogP contribution in [0.2, 0.25) is 0 Å². The molecule has 0 aromatic carbocycles. The second-order valence-corrected chi connectivity index (χ2v) is 7.53. The van der Waals surface area contributed by atoms with E-state index in [2.05, 4.69) is 49.2 Å². The summed E-state index contributed by atoms with van der Waals surface area (Å²) in [5.41, 5.74) is 0. The highest BCUT2D eigenvalue weighted by Gasteiger charge is 2.55. The Hall–Kier alpha value is -0.523. The van der Waals surface area contributed by atoms with Gasteiger partial charge in [-0.05, 0) is 26.7 Å². The van der Waals surface area contributed by atoms with Crippen molar-refractivity contribution in [1.29, 1.82) is 0 Å². The molecule has 1 aliphatic rings. The fourth-order valence-corrected chi connectivity index (χ4v) is 5.48. The lowest BCUT2D eigenvalue weighted by Crippen LogP contribution is -2.66. The monoisotopic (exact) mass is 258 g/mol. The van der Waals surface area contributed by atoms with Gasteiger partial charge in [0.25, 0.3) is 0 Å². The van der Waals surface area contributed by atoms with Crippen LogP contribution in [0.4, 0.5) is 0 Å². The Kier molecular flexibility index (Phi) is 5.03. The highest BCUT2D eigenvalue weighted by molar-refractivity contribution is 6.63. The van der Waals surface area contributed by atoms with Gasteiger partial charge >= 0.3 is 8.88 Å². The van der Waals surface area contributed by atoms with Gasteiger partial charge in [0.05, 0.1) is 0 Å². The number of rotatable bonds is 6. The second kappa shape index (κ2) is 5.89. The summed E-state index contributed by atoms with van der Waals surface area (Å²) in [6.07, 6.45) is 6.42. The summed E-state index contributed by atoms with van der Waals surface area (Å²) in [7, 11) is 1.06. The number of hydrogen-bond donors (Lipinski definition) is 0. The molecule has 2 atom stereocenters. The lowest BCUT2D eigenvalue weighted by molar-refractivity contribution is 0.117. The van der Waals surface area contributed by atoms with E-state index in [9.17, 15) is 0 Å². The molecule has 0 spiro atoms. The van der Waals surface area contributed by atoms with Crippen LogP contribution in [0.15, 0.2) is 12.4 Å². The van der Waals surface area contributed by atoms with Crippen molar-refractivity contribution in [2.45, 2.75) is 52.6 Å². The Morgan fingerprint density at radius 3 is 1.53 bits per heavy atom. The number of hydrogen-bond acceptors (Lipinski definition) is 4. The largest absolute Gasteiger partial charge is 0.588 e. The molecule has 0 amide bonds. The Morgan fingerprint density at radius 2 is 1.29 bits per heavy atom. The molecule has 0 bridgehead atoms. The molecule has 0 saturated heterocycles. The summed E-state index contributed by atoms with van der Waals surface area (Å²) in [4.78, 5) is 0. The van der Waals surface area contributed by atoms with Crippen LogP contribution in [-0.4, -0.2) is 44.3 Å². The van der Waals surface area contributed by atoms with Gasteiger partial charge in [0.1, 0.15) is 0 Å². The predicted molar refractivity (Wildman–Crippen MR) is 72.1 cm³/mol. The van der Waals surface area contributed by atoms with Gasteiger partial charge in [0, 0.05) is 38.7 Å². The van der Waals surface area contributed by atoms with Crippen LogP contribution in [0.25, 0.3) is 0 Å². The van der Waals surface area contributed by atoms with E-state index in [-0.39, 0.29) is 0 Å². The standard InChI is InChI=1S/C12H26N2O2Si/c1-7-11(3)13-9-10-14(12(4)8-2)17(13,15-5)16-6/h9-12H,7-8H2,1-6H3. The first-order valence-electron chi connectivity index (χ1n) is 6.42. The third-order valence-electron chi connectivity index (χ3n) is 3.70. The lowest BCUT2D eigenvalue weighted by atomic mass is 10.3. The minimum absolute atomic E-state index is 0.437. The third-order valence-corrected chi connectivity index (χ3v) is 7.25. The normalized spacial score (nSPS) is 22.0. The van der Waals surface area contributed by atoms with Crippen LogP contribution in [0.1, 0.15) is 40.5 Å². The molecule has 1 heterocycles. The fourth-order valence-electron chi connectivity index (χ4n) is 2.21. The highest BCUT2D eigenvalue weighted by atomic mass is 28.4. The first-order valence-corrected chi connectivity index (χ1v) is 8.13. The van der Waals surface area contributed by atoms with Crippen molar-refractivity contribution < 1.29 is 8.85 Å². The van der Waals surface area contributed by atoms with Crippen molar-refractivity contribution in [2.24, 2.45) is 0 Å². The van der Waals surface area contributed by atoms with E-state index in [1.807, 2.05) is 0 Å². The van der Waals surface area contributed by atoms with Crippen LogP contribution >= 0.6 is 0 Å². The first-order chi connectivity index (χ1) is 8.07. The summed E-state index contributed by atoms with van der Waals surface area (Å²) < 4.78 is 16.2. The molecule has 0 aromatic rings. The van der Waals surface area contributed by atoms with Crippen LogP contribution in [0.5, 0.6) is 0 Å². The molecule has 0 saturated carbocycles. The van der Waals surface area contributed by atoms with Crippen LogP contribution in [-0.2, 0) is 8.85 Å². The van der Waals surface area contributed by atoms with Gasteiger partial charge in [-0.3, -0.25) is 0 Å². The molecule has 5 heteroatoms. The van der Waals surface area contributed by atoms with Crippen molar-refractivity contribution in [1.82, 2.24) is 9.13 Å². The molecular weight excluding hydrogens is 232 g/mol. The Labute approximate surface area is 107 Å². The van der Waals surface area contributed by atoms with Crippen molar-refractivity contribution >= 4 is 8.88 Å². The van der Waals surface area contributed by atoms with Crippen molar-refractivity contribution in [3.8, 4) is 0 Å². The Balaban J connectivity index is 3.01. The second-order valence-electron chi connectivity index (χ2n) is 4.58. The quantitative estimate of drug-likeness (QED) is 0.683. The zero-order valence-corrected chi connectivity index (χ0v) is 12.9. The molecule has 17 heavy (non-hydrogen) atoms. The Morgan fingerprint density at radius 1 is 0.941 bits per heavy atom. The minimum Gasteiger partial charge on any atom is -0.365 e. The average Bonchev–Trinajstić information content (AvgIpc) is 2.76. The average molecular weight is 258 g/mol. The van der Waals surface area contributed by atoms with Gasteiger partial charge in [-0.15, -0.1) is 0 Å². The summed E-state index contributed by atoms with van der Waals surface area (Å²) in [5.74, 6) is 0. The van der Waals surface area contributed by atoms with Gasteiger partial charge in [0.15, 0.2) is 0 Å². The van der Waals surface area contributed by atoms with E-state index < -0.39 is 8.88 Å². The first kappa shape index (κ1) is 14.5. The summed E-state index contributed by atoms with van der Waals surface area (Å²) in [6.45, 7) is 8.80. The van der Waals surface area contributed by atoms with Gasteiger partial charge in [-0.25, -0.2) is 0 Å². The summed E-state index contributed by atoms with van der Waals surface area (Å²) >= 11 is 0. The van der Waals surface area contributed by atoms with Crippen molar-refractivity contribution in [3.05, 3.63) is 12.4 Å². The molecular formula is C12H26N2O2Si. The zero-order chi connectivity index (χ0) is 13.1. The smallest absolute Gasteiger partial charge is 0.365 e. The van der Waals surface area contributed by atoms with Gasteiger partial charge in [-0.1, -0.05) is 13.8 Å². The molecule has 100 valence electrons. The van der Waals surface area contributed by atoms with E-state index in [4.69, 9.17) is 8.85 Å². The van der Waals surface area contributed by atoms with Crippen molar-refractivity contribution in [3.63, 3.8) is 0 Å². The van der Waals surface area contributed by atoms with Crippen LogP contribution < -0.4 is 0 Å². The van der Waals surface area contributed by atoms with E-state index in [1.165, 1.54) is 0 Å². The maximum atomic E-state index is 5.83. The topological polar surface area (TPSA) is 24.9 Å². The molecule has 2 unspecified atom stereocenters. The fraction of sp³-hybridized carbons (Fsp3) is 0.833. The maximum Gasteiger partial charge on any atom is 0.588 e. The molecule has 0 aromatic heterocycles. The van der Waals surface area contributed by atoms with Crippen LogP contribution in [0.3, 0.4) is 0 Å². The van der Waals surface area contributed by atoms with E-state index in [0.717, 1.165) is 12.8 Å². The third kappa shape index (κ3) is 2.36. The van der Waals surface area contributed by atoms with E-state index >= 15 is 0 Å². The Bertz CT molecular complexity index is 247. The van der Waals surface area contributed by atoms with Gasteiger partial charge < -0.3 is 18.0 Å². The zero-order valence-electron chi connectivity index (χ0n) is 11.9. The molecule has 1 rings (SSSR count). The van der Waals surface area contributed by atoms with Crippen LogP contribution in [0, 0.1) is 0 Å². The maximum absolute atomic E-state index is 5.83. The molecule has 0 aliphatic carbocycles. The molecule has 0 N–H and O–H groups in total. The lowest BCUT2D eigenvalue weighted by Gasteiger charge is -2.42.